The van der Waals surface area contributed by atoms with Crippen molar-refractivity contribution in [2.75, 3.05) is 36.0 Å². The molecule has 2 saturated heterocycles. The highest BCUT2D eigenvalue weighted by molar-refractivity contribution is 5.76. The minimum Gasteiger partial charge on any atom is -0.341 e. The van der Waals surface area contributed by atoms with Crippen molar-refractivity contribution in [3.05, 3.63) is 185 Å². The molecule has 2 aliphatic rings. The number of hydrogen-bond acceptors (Lipinski definition) is 10. The Morgan fingerprint density at radius 2 is 0.908 bits per heavy atom. The standard InChI is InChI=1S/C25H28N6O2.C24H26N6O2/c1-17-8-5-6-11-19(17)15-30-21-22(27-24(30)29-13-7-12-20(26)16-29)31(25(33)28-23(21)32)14-18-9-3-2-4-10-18;25-19-12-7-13-28(16-19)23-26-21-20(29(23)14-17-8-3-1-4-9-17)22(31)27-24(32)30(21)15-18-10-5-2-6-11-18/h2-6,8-11,20H,7,12-16,26H2,1H3,(H,28,32,33);1-6,8-11,19H,7,12-16,25H2,(H,27,31,32). The predicted molar refractivity (Wildman–Crippen MR) is 255 cm³/mol. The molecule has 0 spiro atoms. The zero-order chi connectivity index (χ0) is 45.0. The minimum absolute atomic E-state index is 0.0512. The van der Waals surface area contributed by atoms with E-state index in [0.29, 0.717) is 73.5 Å². The first-order valence-corrected chi connectivity index (χ1v) is 22.3. The summed E-state index contributed by atoms with van der Waals surface area (Å²) in [5, 5.41) is 0. The van der Waals surface area contributed by atoms with Crippen LogP contribution in [0.15, 0.2) is 134 Å². The third-order valence-electron chi connectivity index (χ3n) is 12.4. The lowest BCUT2D eigenvalue weighted by Crippen LogP contribution is -2.44. The van der Waals surface area contributed by atoms with Gasteiger partial charge in [0.25, 0.3) is 11.1 Å². The summed E-state index contributed by atoms with van der Waals surface area (Å²) in [6.45, 7) is 6.62. The Hall–Kier alpha value is -7.30. The summed E-state index contributed by atoms with van der Waals surface area (Å²) in [5.41, 5.74) is 17.5. The fourth-order valence-electron chi connectivity index (χ4n) is 9.04. The summed E-state index contributed by atoms with van der Waals surface area (Å²) in [4.78, 5) is 70.8. The average Bonchev–Trinajstić information content (AvgIpc) is 3.88. The van der Waals surface area contributed by atoms with Gasteiger partial charge >= 0.3 is 11.4 Å². The molecule has 2 unspecified atom stereocenters. The van der Waals surface area contributed by atoms with E-state index in [2.05, 4.69) is 38.8 Å². The number of piperidine rings is 2. The topological polar surface area (TPSA) is 204 Å². The van der Waals surface area contributed by atoms with Gasteiger partial charge in [-0.1, -0.05) is 115 Å². The van der Waals surface area contributed by atoms with Gasteiger partial charge in [-0.15, -0.1) is 0 Å². The smallest absolute Gasteiger partial charge is 0.330 e. The van der Waals surface area contributed by atoms with E-state index in [1.54, 1.807) is 9.13 Å². The first-order chi connectivity index (χ1) is 31.6. The second-order valence-electron chi connectivity index (χ2n) is 17.1. The van der Waals surface area contributed by atoms with Crippen LogP contribution in [-0.4, -0.2) is 76.5 Å². The lowest BCUT2D eigenvalue weighted by atomic mass is 10.1. The van der Waals surface area contributed by atoms with E-state index in [1.807, 2.05) is 112 Å². The number of H-pyrrole nitrogens is 2. The first kappa shape index (κ1) is 43.0. The summed E-state index contributed by atoms with van der Waals surface area (Å²) in [6, 6.07) is 37.6. The van der Waals surface area contributed by atoms with E-state index >= 15 is 0 Å². The van der Waals surface area contributed by atoms with Crippen LogP contribution in [0.4, 0.5) is 11.9 Å². The zero-order valence-electron chi connectivity index (χ0n) is 36.5. The van der Waals surface area contributed by atoms with Crippen LogP contribution in [0, 0.1) is 6.92 Å². The SMILES string of the molecule is Cc1ccccc1Cn1c(N2CCCC(N)C2)nc2c1c(=O)[nH]c(=O)n2Cc1ccccc1.NC1CCCN(c2nc3c(c(=O)[nH]c(=O)n3Cc3ccccc3)n2Cc2ccccc2)C1. The maximum atomic E-state index is 13.1. The van der Waals surface area contributed by atoms with Crippen molar-refractivity contribution in [3.63, 3.8) is 0 Å². The van der Waals surface area contributed by atoms with Gasteiger partial charge in [0.15, 0.2) is 22.3 Å². The number of aromatic nitrogens is 8. The van der Waals surface area contributed by atoms with Crippen LogP contribution in [-0.2, 0) is 26.2 Å². The predicted octanol–water partition coefficient (Wildman–Crippen LogP) is 4.13. The van der Waals surface area contributed by atoms with Crippen molar-refractivity contribution in [2.24, 2.45) is 11.5 Å². The van der Waals surface area contributed by atoms with Crippen LogP contribution in [0.2, 0.25) is 0 Å². The van der Waals surface area contributed by atoms with E-state index < -0.39 is 22.5 Å². The highest BCUT2D eigenvalue weighted by Crippen LogP contribution is 2.27. The monoisotopic (exact) mass is 874 g/mol. The number of benzene rings is 4. The van der Waals surface area contributed by atoms with Gasteiger partial charge in [-0.2, -0.15) is 9.97 Å². The molecule has 334 valence electrons. The van der Waals surface area contributed by atoms with Crippen LogP contribution in [0.5, 0.6) is 0 Å². The summed E-state index contributed by atoms with van der Waals surface area (Å²) in [5.74, 6) is 1.36. The molecule has 4 aromatic carbocycles. The van der Waals surface area contributed by atoms with Gasteiger partial charge in [0.1, 0.15) is 0 Å². The first-order valence-electron chi connectivity index (χ1n) is 22.3. The number of rotatable bonds is 10. The Morgan fingerprint density at radius 1 is 0.523 bits per heavy atom. The second kappa shape index (κ2) is 18.8. The quantitative estimate of drug-likeness (QED) is 0.155. The molecule has 65 heavy (non-hydrogen) atoms. The number of fused-ring (bicyclic) bond motifs is 2. The Bertz CT molecular complexity index is 3170. The molecule has 16 nitrogen and oxygen atoms in total. The van der Waals surface area contributed by atoms with Gasteiger partial charge in [-0.25, -0.2) is 9.59 Å². The summed E-state index contributed by atoms with van der Waals surface area (Å²) >= 11 is 0. The molecule has 0 amide bonds. The highest BCUT2D eigenvalue weighted by Gasteiger charge is 2.28. The van der Waals surface area contributed by atoms with Crippen LogP contribution < -0.4 is 43.8 Å². The van der Waals surface area contributed by atoms with Crippen molar-refractivity contribution >= 4 is 34.2 Å². The van der Waals surface area contributed by atoms with E-state index in [1.165, 1.54) is 0 Å². The average molecular weight is 875 g/mol. The zero-order valence-corrected chi connectivity index (χ0v) is 36.5. The molecule has 10 rings (SSSR count). The third-order valence-corrected chi connectivity index (χ3v) is 12.4. The number of aryl methyl sites for hydroxylation is 1. The fraction of sp³-hybridized carbons (Fsp3) is 0.306. The molecule has 0 bridgehead atoms. The molecule has 2 fully saturated rings. The molecule has 6 heterocycles. The largest absolute Gasteiger partial charge is 0.341 e. The van der Waals surface area contributed by atoms with Crippen molar-refractivity contribution in [3.8, 4) is 0 Å². The summed E-state index contributed by atoms with van der Waals surface area (Å²) < 4.78 is 6.95. The van der Waals surface area contributed by atoms with Crippen LogP contribution in [0.25, 0.3) is 22.3 Å². The molecule has 8 aromatic rings. The number of anilines is 2. The molecule has 6 N–H and O–H groups in total. The van der Waals surface area contributed by atoms with Crippen molar-refractivity contribution < 1.29 is 0 Å². The highest BCUT2D eigenvalue weighted by atomic mass is 16.2. The number of nitrogens with two attached hydrogens (primary N) is 2. The minimum atomic E-state index is -0.461. The van der Waals surface area contributed by atoms with Gasteiger partial charge in [-0.3, -0.25) is 37.8 Å². The Balaban J connectivity index is 0.000000164. The van der Waals surface area contributed by atoms with Crippen LogP contribution in [0.3, 0.4) is 0 Å². The Labute approximate surface area is 374 Å². The van der Waals surface area contributed by atoms with E-state index in [9.17, 15) is 19.2 Å². The molecule has 16 heteroatoms. The van der Waals surface area contributed by atoms with E-state index in [4.69, 9.17) is 21.4 Å². The number of aromatic amines is 2. The van der Waals surface area contributed by atoms with Gasteiger partial charge in [0.05, 0.1) is 26.2 Å². The molecular weight excluding hydrogens is 821 g/mol. The molecule has 4 aromatic heterocycles. The summed E-state index contributed by atoms with van der Waals surface area (Å²) in [6.07, 6.45) is 3.85. The van der Waals surface area contributed by atoms with Crippen molar-refractivity contribution in [1.29, 1.82) is 0 Å². The lowest BCUT2D eigenvalue weighted by molar-refractivity contribution is 0.495. The number of nitrogens with one attached hydrogen (secondary N) is 2. The Kier molecular flexibility index (Phi) is 12.4. The second-order valence-corrected chi connectivity index (χ2v) is 17.1. The normalized spacial score (nSPS) is 16.5. The van der Waals surface area contributed by atoms with Crippen LogP contribution in [0.1, 0.15) is 53.5 Å². The summed E-state index contributed by atoms with van der Waals surface area (Å²) in [7, 11) is 0. The number of nitrogens with zero attached hydrogens (tertiary/aromatic N) is 8. The third kappa shape index (κ3) is 9.21. The molecule has 0 saturated carbocycles. The fourth-order valence-corrected chi connectivity index (χ4v) is 9.04. The van der Waals surface area contributed by atoms with Gasteiger partial charge in [0, 0.05) is 38.3 Å². The van der Waals surface area contributed by atoms with Crippen LogP contribution >= 0.6 is 0 Å². The maximum absolute atomic E-state index is 13.1. The van der Waals surface area contributed by atoms with Crippen molar-refractivity contribution in [2.45, 2.75) is 70.9 Å². The number of imidazole rings is 2. The lowest BCUT2D eigenvalue weighted by Gasteiger charge is -2.32. The van der Waals surface area contributed by atoms with E-state index in [0.717, 1.165) is 66.6 Å². The molecule has 2 atom stereocenters. The molecule has 2 aliphatic heterocycles. The van der Waals surface area contributed by atoms with Gasteiger partial charge < -0.3 is 21.3 Å². The van der Waals surface area contributed by atoms with Gasteiger partial charge in [-0.05, 0) is 60.4 Å². The molecular formula is C49H54N12O4. The van der Waals surface area contributed by atoms with Gasteiger partial charge in [0.2, 0.25) is 11.9 Å². The maximum Gasteiger partial charge on any atom is 0.330 e. The van der Waals surface area contributed by atoms with Crippen molar-refractivity contribution in [1.82, 2.24) is 38.2 Å². The van der Waals surface area contributed by atoms with E-state index in [-0.39, 0.29) is 12.1 Å². The number of hydrogen-bond donors (Lipinski definition) is 4. The molecule has 0 aliphatic carbocycles. The Morgan fingerprint density at radius 3 is 1.32 bits per heavy atom. The molecule has 0 radical (unpaired) electrons.